The SMILES string of the molecule is O=C1Nc2cc(Cl)c(Cl)cc2[C@@]12CCNC2. The van der Waals surface area contributed by atoms with Crippen LogP contribution < -0.4 is 10.6 Å². The van der Waals surface area contributed by atoms with E-state index in [1.165, 1.54) is 0 Å². The van der Waals surface area contributed by atoms with Gasteiger partial charge in [0.15, 0.2) is 0 Å². The van der Waals surface area contributed by atoms with Crippen LogP contribution in [-0.2, 0) is 10.2 Å². The zero-order chi connectivity index (χ0) is 11.3. The fourth-order valence-electron chi connectivity index (χ4n) is 2.53. The van der Waals surface area contributed by atoms with Gasteiger partial charge in [-0.05, 0) is 30.7 Å². The minimum absolute atomic E-state index is 0.0471. The lowest BCUT2D eigenvalue weighted by Gasteiger charge is -2.19. The average molecular weight is 257 g/mol. The molecule has 2 N–H and O–H groups in total. The first kappa shape index (κ1) is 10.4. The lowest BCUT2D eigenvalue weighted by molar-refractivity contribution is -0.120. The highest BCUT2D eigenvalue weighted by Crippen LogP contribution is 2.44. The molecule has 1 aromatic carbocycles. The molecular formula is C11H10Cl2N2O. The van der Waals surface area contributed by atoms with Gasteiger partial charge in [0.2, 0.25) is 5.91 Å². The second-order valence-electron chi connectivity index (χ2n) is 4.27. The van der Waals surface area contributed by atoms with Crippen molar-refractivity contribution in [2.24, 2.45) is 0 Å². The van der Waals surface area contributed by atoms with Gasteiger partial charge in [-0.15, -0.1) is 0 Å². The number of carbonyl (C=O) groups excluding carboxylic acids is 1. The van der Waals surface area contributed by atoms with Gasteiger partial charge >= 0.3 is 0 Å². The number of carbonyl (C=O) groups is 1. The smallest absolute Gasteiger partial charge is 0.236 e. The Kier molecular flexibility index (Phi) is 2.18. The van der Waals surface area contributed by atoms with Crippen LogP contribution in [0, 0.1) is 0 Å². The van der Waals surface area contributed by atoms with Crippen molar-refractivity contribution < 1.29 is 4.79 Å². The Balaban J connectivity index is 2.20. The van der Waals surface area contributed by atoms with Gasteiger partial charge in [0.25, 0.3) is 0 Å². The van der Waals surface area contributed by atoms with Crippen LogP contribution in [0.1, 0.15) is 12.0 Å². The fourth-order valence-corrected chi connectivity index (χ4v) is 2.85. The summed E-state index contributed by atoms with van der Waals surface area (Å²) in [6.45, 7) is 1.52. The maximum absolute atomic E-state index is 12.0. The van der Waals surface area contributed by atoms with E-state index in [1.54, 1.807) is 6.07 Å². The minimum Gasteiger partial charge on any atom is -0.325 e. The summed E-state index contributed by atoms with van der Waals surface area (Å²) in [5.74, 6) is 0.0471. The van der Waals surface area contributed by atoms with Gasteiger partial charge < -0.3 is 10.6 Å². The van der Waals surface area contributed by atoms with E-state index in [-0.39, 0.29) is 5.91 Å². The van der Waals surface area contributed by atoms with Gasteiger partial charge in [0.1, 0.15) is 0 Å². The van der Waals surface area contributed by atoms with E-state index in [2.05, 4.69) is 10.6 Å². The van der Waals surface area contributed by atoms with Crippen molar-refractivity contribution in [2.75, 3.05) is 18.4 Å². The van der Waals surface area contributed by atoms with E-state index in [0.29, 0.717) is 16.6 Å². The van der Waals surface area contributed by atoms with Crippen molar-refractivity contribution in [3.63, 3.8) is 0 Å². The van der Waals surface area contributed by atoms with Crippen LogP contribution in [-0.4, -0.2) is 19.0 Å². The summed E-state index contributed by atoms with van der Waals surface area (Å²) in [4.78, 5) is 12.0. The Bertz CT molecular complexity index is 481. The summed E-state index contributed by atoms with van der Waals surface area (Å²) in [7, 11) is 0. The Morgan fingerprint density at radius 1 is 1.25 bits per heavy atom. The molecule has 3 nitrogen and oxygen atoms in total. The Hall–Kier alpha value is -0.770. The molecular weight excluding hydrogens is 247 g/mol. The molecule has 1 spiro atoms. The van der Waals surface area contributed by atoms with Crippen LogP contribution in [0.2, 0.25) is 10.0 Å². The third kappa shape index (κ3) is 1.22. The lowest BCUT2D eigenvalue weighted by atomic mass is 9.81. The molecule has 1 aromatic rings. The number of rotatable bonds is 0. The number of anilines is 1. The summed E-state index contributed by atoms with van der Waals surface area (Å²) in [6, 6.07) is 3.54. The predicted molar refractivity (Wildman–Crippen MR) is 64.3 cm³/mol. The number of halogens is 2. The maximum Gasteiger partial charge on any atom is 0.236 e. The van der Waals surface area contributed by atoms with E-state index >= 15 is 0 Å². The molecule has 2 heterocycles. The van der Waals surface area contributed by atoms with E-state index in [4.69, 9.17) is 23.2 Å². The van der Waals surface area contributed by atoms with Gasteiger partial charge in [0, 0.05) is 12.2 Å². The van der Waals surface area contributed by atoms with Gasteiger partial charge in [-0.1, -0.05) is 23.2 Å². The molecule has 0 aromatic heterocycles. The first-order valence-corrected chi connectivity index (χ1v) is 5.91. The molecule has 1 saturated heterocycles. The van der Waals surface area contributed by atoms with Gasteiger partial charge in [0.05, 0.1) is 15.5 Å². The third-order valence-electron chi connectivity index (χ3n) is 3.41. The molecule has 5 heteroatoms. The number of amides is 1. The first-order valence-electron chi connectivity index (χ1n) is 5.15. The zero-order valence-electron chi connectivity index (χ0n) is 8.44. The van der Waals surface area contributed by atoms with Crippen molar-refractivity contribution in [3.05, 3.63) is 27.7 Å². The predicted octanol–water partition coefficient (Wildman–Crippen LogP) is 2.18. The number of hydrogen-bond donors (Lipinski definition) is 2. The van der Waals surface area contributed by atoms with Crippen molar-refractivity contribution >= 4 is 34.8 Å². The normalized spacial score (nSPS) is 27.2. The topological polar surface area (TPSA) is 41.1 Å². The van der Waals surface area contributed by atoms with Gasteiger partial charge in [-0.3, -0.25) is 4.79 Å². The molecule has 2 aliphatic heterocycles. The summed E-state index contributed by atoms with van der Waals surface area (Å²) in [6.07, 6.45) is 0.809. The second-order valence-corrected chi connectivity index (χ2v) is 5.09. The summed E-state index contributed by atoms with van der Waals surface area (Å²) >= 11 is 11.9. The lowest BCUT2D eigenvalue weighted by Crippen LogP contribution is -2.36. The quantitative estimate of drug-likeness (QED) is 0.747. The molecule has 1 fully saturated rings. The van der Waals surface area contributed by atoms with E-state index in [1.807, 2.05) is 6.07 Å². The van der Waals surface area contributed by atoms with Crippen LogP contribution in [0.25, 0.3) is 0 Å². The molecule has 0 bridgehead atoms. The number of fused-ring (bicyclic) bond motifs is 2. The summed E-state index contributed by atoms with van der Waals surface area (Å²) < 4.78 is 0. The van der Waals surface area contributed by atoms with Crippen LogP contribution in [0.3, 0.4) is 0 Å². The van der Waals surface area contributed by atoms with Crippen LogP contribution >= 0.6 is 23.2 Å². The van der Waals surface area contributed by atoms with Crippen molar-refractivity contribution in [1.29, 1.82) is 0 Å². The summed E-state index contributed by atoms with van der Waals surface area (Å²) in [5, 5.41) is 7.08. The molecule has 2 aliphatic rings. The van der Waals surface area contributed by atoms with Gasteiger partial charge in [-0.25, -0.2) is 0 Å². The molecule has 84 valence electrons. The molecule has 0 unspecified atom stereocenters. The highest BCUT2D eigenvalue weighted by Gasteiger charge is 2.48. The van der Waals surface area contributed by atoms with Crippen molar-refractivity contribution in [2.45, 2.75) is 11.8 Å². The zero-order valence-corrected chi connectivity index (χ0v) is 9.95. The highest BCUT2D eigenvalue weighted by molar-refractivity contribution is 6.42. The molecule has 0 saturated carbocycles. The molecule has 0 aliphatic carbocycles. The molecule has 16 heavy (non-hydrogen) atoms. The Labute approximate surface area is 103 Å². The number of benzene rings is 1. The monoisotopic (exact) mass is 256 g/mol. The Morgan fingerprint density at radius 3 is 2.69 bits per heavy atom. The van der Waals surface area contributed by atoms with E-state index in [9.17, 15) is 4.79 Å². The molecule has 3 rings (SSSR count). The van der Waals surface area contributed by atoms with Crippen molar-refractivity contribution in [1.82, 2.24) is 5.32 Å². The highest BCUT2D eigenvalue weighted by atomic mass is 35.5. The second kappa shape index (κ2) is 3.36. The van der Waals surface area contributed by atoms with Crippen molar-refractivity contribution in [3.8, 4) is 0 Å². The number of hydrogen-bond acceptors (Lipinski definition) is 2. The molecule has 1 atom stereocenters. The van der Waals surface area contributed by atoms with Crippen LogP contribution in [0.4, 0.5) is 5.69 Å². The third-order valence-corrected chi connectivity index (χ3v) is 4.14. The van der Waals surface area contributed by atoms with Crippen LogP contribution in [0.5, 0.6) is 0 Å². The largest absolute Gasteiger partial charge is 0.325 e. The Morgan fingerprint density at radius 2 is 2.00 bits per heavy atom. The van der Waals surface area contributed by atoms with Crippen LogP contribution in [0.15, 0.2) is 12.1 Å². The van der Waals surface area contributed by atoms with E-state index in [0.717, 1.165) is 24.2 Å². The van der Waals surface area contributed by atoms with E-state index < -0.39 is 5.41 Å². The minimum atomic E-state index is -0.441. The average Bonchev–Trinajstić information content (AvgIpc) is 2.80. The number of nitrogens with one attached hydrogen (secondary N) is 2. The first-order chi connectivity index (χ1) is 7.63. The van der Waals surface area contributed by atoms with Gasteiger partial charge in [-0.2, -0.15) is 0 Å². The molecule has 1 amide bonds. The standard InChI is InChI=1S/C11H10Cl2N2O/c12-7-3-6-9(4-8(7)13)15-10(16)11(6)1-2-14-5-11/h3-4,14H,1-2,5H2,(H,15,16)/t11-/m0/s1. The fraction of sp³-hybridized carbons (Fsp3) is 0.364. The summed E-state index contributed by atoms with van der Waals surface area (Å²) in [5.41, 5.74) is 1.32. The maximum atomic E-state index is 12.0. The molecule has 0 radical (unpaired) electrons.